The second-order valence-corrected chi connectivity index (χ2v) is 7.21. The predicted octanol–water partition coefficient (Wildman–Crippen LogP) is 3.66. The number of H-pyrrole nitrogens is 1. The van der Waals surface area contributed by atoms with Gasteiger partial charge in [0, 0.05) is 18.7 Å². The van der Waals surface area contributed by atoms with Crippen LogP contribution in [-0.4, -0.2) is 44.8 Å². The maximum absolute atomic E-state index is 12.4. The van der Waals surface area contributed by atoms with Gasteiger partial charge in [0.25, 0.3) is 0 Å². The van der Waals surface area contributed by atoms with Gasteiger partial charge in [-0.25, -0.2) is 4.98 Å². The number of carbonyl (C=O) groups is 1. The van der Waals surface area contributed by atoms with Crippen molar-refractivity contribution >= 4 is 17.7 Å². The van der Waals surface area contributed by atoms with E-state index < -0.39 is 0 Å². The highest BCUT2D eigenvalue weighted by atomic mass is 32.2. The summed E-state index contributed by atoms with van der Waals surface area (Å²) in [6, 6.07) is 8.15. The highest BCUT2D eigenvalue weighted by Gasteiger charge is 2.16. The first-order valence-corrected chi connectivity index (χ1v) is 9.61. The number of nitrogens with zero attached hydrogens (tertiary/aromatic N) is 3. The molecule has 128 valence electrons. The third-order valence-corrected chi connectivity index (χ3v) is 5.16. The number of carbonyl (C=O) groups excluding carboxylic acids is 1. The Morgan fingerprint density at radius 2 is 1.79 bits per heavy atom. The van der Waals surface area contributed by atoms with E-state index >= 15 is 0 Å². The Kier molecular flexibility index (Phi) is 5.91. The summed E-state index contributed by atoms with van der Waals surface area (Å²) in [4.78, 5) is 18.9. The van der Waals surface area contributed by atoms with E-state index in [9.17, 15) is 4.79 Å². The molecule has 0 atom stereocenters. The number of thioether (sulfide) groups is 1. The zero-order chi connectivity index (χ0) is 16.8. The maximum atomic E-state index is 12.4. The van der Waals surface area contributed by atoms with Crippen LogP contribution in [0.3, 0.4) is 0 Å². The molecule has 2 heterocycles. The van der Waals surface area contributed by atoms with Crippen LogP contribution in [0.15, 0.2) is 29.4 Å². The number of likely N-dealkylation sites (tertiary alicyclic amines) is 1. The first-order valence-electron chi connectivity index (χ1n) is 8.62. The topological polar surface area (TPSA) is 61.9 Å². The minimum atomic E-state index is 0.198. The van der Waals surface area contributed by atoms with Gasteiger partial charge in [-0.2, -0.15) is 0 Å². The molecule has 0 radical (unpaired) electrons. The molecular weight excluding hydrogens is 320 g/mol. The molecule has 0 spiro atoms. The molecule has 2 aromatic rings. The molecule has 1 fully saturated rings. The standard InChI is InChI=1S/C18H24N4OS/c1-14-7-9-15(10-8-14)17-19-18(21-20-17)24-13-16(23)22-11-5-3-2-4-6-12-22/h7-10H,2-6,11-13H2,1H3,(H,19,20,21). The number of hydrogen-bond acceptors (Lipinski definition) is 4. The molecule has 1 N–H and O–H groups in total. The fourth-order valence-corrected chi connectivity index (χ4v) is 3.57. The van der Waals surface area contributed by atoms with Crippen LogP contribution >= 0.6 is 11.8 Å². The smallest absolute Gasteiger partial charge is 0.233 e. The van der Waals surface area contributed by atoms with Crippen LogP contribution in [0.1, 0.15) is 37.7 Å². The largest absolute Gasteiger partial charge is 0.342 e. The summed E-state index contributed by atoms with van der Waals surface area (Å²) in [6.07, 6.45) is 6.01. The van der Waals surface area contributed by atoms with E-state index in [1.54, 1.807) is 0 Å². The number of benzene rings is 1. The lowest BCUT2D eigenvalue weighted by atomic mass is 10.1. The molecule has 0 saturated carbocycles. The molecular formula is C18H24N4OS. The minimum absolute atomic E-state index is 0.198. The lowest BCUT2D eigenvalue weighted by molar-refractivity contribution is -0.128. The van der Waals surface area contributed by atoms with Gasteiger partial charge in [0.1, 0.15) is 0 Å². The van der Waals surface area contributed by atoms with Gasteiger partial charge in [0.2, 0.25) is 11.1 Å². The molecule has 5 nitrogen and oxygen atoms in total. The average molecular weight is 344 g/mol. The average Bonchev–Trinajstić information content (AvgIpc) is 3.02. The van der Waals surface area contributed by atoms with Gasteiger partial charge in [-0.3, -0.25) is 9.89 Å². The Morgan fingerprint density at radius 1 is 1.12 bits per heavy atom. The maximum Gasteiger partial charge on any atom is 0.233 e. The number of amides is 1. The SMILES string of the molecule is Cc1ccc(-c2nc(SCC(=O)N3CCCCCCC3)n[nH]2)cc1. The molecule has 1 aliphatic rings. The van der Waals surface area contributed by atoms with Gasteiger partial charge in [-0.15, -0.1) is 5.10 Å². The quantitative estimate of drug-likeness (QED) is 0.860. The van der Waals surface area contributed by atoms with Crippen molar-refractivity contribution in [1.82, 2.24) is 20.1 Å². The number of nitrogens with one attached hydrogen (secondary N) is 1. The zero-order valence-electron chi connectivity index (χ0n) is 14.1. The van der Waals surface area contributed by atoms with E-state index in [4.69, 9.17) is 0 Å². The van der Waals surface area contributed by atoms with Crippen LogP contribution in [-0.2, 0) is 4.79 Å². The molecule has 0 aliphatic carbocycles. The molecule has 3 rings (SSSR count). The third kappa shape index (κ3) is 4.60. The van der Waals surface area contributed by atoms with Gasteiger partial charge in [-0.05, 0) is 19.8 Å². The van der Waals surface area contributed by atoms with Gasteiger partial charge in [0.05, 0.1) is 5.75 Å². The van der Waals surface area contributed by atoms with Gasteiger partial charge in [-0.1, -0.05) is 60.9 Å². The Balaban J connectivity index is 1.54. The lowest BCUT2D eigenvalue weighted by Crippen LogP contribution is -2.35. The number of aromatic amines is 1. The number of aromatic nitrogens is 3. The minimum Gasteiger partial charge on any atom is -0.342 e. The van der Waals surface area contributed by atoms with Gasteiger partial charge in [0.15, 0.2) is 5.82 Å². The van der Waals surface area contributed by atoms with Crippen molar-refractivity contribution in [3.05, 3.63) is 29.8 Å². The lowest BCUT2D eigenvalue weighted by Gasteiger charge is -2.24. The van der Waals surface area contributed by atoms with Crippen LogP contribution < -0.4 is 0 Å². The summed E-state index contributed by atoms with van der Waals surface area (Å²) in [5.41, 5.74) is 2.22. The summed E-state index contributed by atoms with van der Waals surface area (Å²) in [5.74, 6) is 1.35. The normalized spacial score (nSPS) is 15.8. The predicted molar refractivity (Wildman–Crippen MR) is 96.9 cm³/mol. The monoisotopic (exact) mass is 344 g/mol. The third-order valence-electron chi connectivity index (χ3n) is 4.32. The summed E-state index contributed by atoms with van der Waals surface area (Å²) in [7, 11) is 0. The van der Waals surface area contributed by atoms with Crippen molar-refractivity contribution in [3.63, 3.8) is 0 Å². The number of aryl methyl sites for hydroxylation is 1. The molecule has 1 aromatic carbocycles. The van der Waals surface area contributed by atoms with Crippen molar-refractivity contribution in [3.8, 4) is 11.4 Å². The van der Waals surface area contributed by atoms with Crippen LogP contribution in [0.2, 0.25) is 0 Å². The molecule has 0 unspecified atom stereocenters. The van der Waals surface area contributed by atoms with Crippen molar-refractivity contribution < 1.29 is 4.79 Å². The first-order chi connectivity index (χ1) is 11.7. The summed E-state index contributed by atoms with van der Waals surface area (Å²) in [6.45, 7) is 3.84. The van der Waals surface area contributed by atoms with E-state index in [2.05, 4.69) is 34.2 Å². The Morgan fingerprint density at radius 3 is 2.50 bits per heavy atom. The van der Waals surface area contributed by atoms with Crippen LogP contribution in [0.5, 0.6) is 0 Å². The second kappa shape index (κ2) is 8.33. The van der Waals surface area contributed by atoms with Crippen molar-refractivity contribution in [2.24, 2.45) is 0 Å². The molecule has 6 heteroatoms. The van der Waals surface area contributed by atoms with Gasteiger partial charge >= 0.3 is 0 Å². The fraction of sp³-hybridized carbons (Fsp3) is 0.500. The first kappa shape index (κ1) is 17.0. The summed E-state index contributed by atoms with van der Waals surface area (Å²) >= 11 is 1.41. The summed E-state index contributed by atoms with van der Waals surface area (Å²) < 4.78 is 0. The molecule has 0 bridgehead atoms. The Hall–Kier alpha value is -1.82. The van der Waals surface area contributed by atoms with E-state index in [1.807, 2.05) is 17.0 Å². The van der Waals surface area contributed by atoms with Crippen LogP contribution in [0, 0.1) is 6.92 Å². The van der Waals surface area contributed by atoms with E-state index in [0.29, 0.717) is 10.9 Å². The highest BCUT2D eigenvalue weighted by Crippen LogP contribution is 2.20. The molecule has 1 aromatic heterocycles. The van der Waals surface area contributed by atoms with E-state index in [0.717, 1.165) is 37.3 Å². The highest BCUT2D eigenvalue weighted by molar-refractivity contribution is 7.99. The Labute approximate surface area is 147 Å². The van der Waals surface area contributed by atoms with Crippen molar-refractivity contribution in [1.29, 1.82) is 0 Å². The van der Waals surface area contributed by atoms with E-state index in [-0.39, 0.29) is 5.91 Å². The molecule has 1 aliphatic heterocycles. The number of rotatable bonds is 4. The zero-order valence-corrected chi connectivity index (χ0v) is 14.9. The molecule has 1 saturated heterocycles. The van der Waals surface area contributed by atoms with Gasteiger partial charge < -0.3 is 4.90 Å². The van der Waals surface area contributed by atoms with Crippen molar-refractivity contribution in [2.45, 2.75) is 44.2 Å². The van der Waals surface area contributed by atoms with Crippen LogP contribution in [0.25, 0.3) is 11.4 Å². The number of hydrogen-bond donors (Lipinski definition) is 1. The molecule has 24 heavy (non-hydrogen) atoms. The summed E-state index contributed by atoms with van der Waals surface area (Å²) in [5, 5.41) is 7.81. The Bertz CT molecular complexity index is 660. The van der Waals surface area contributed by atoms with E-state index in [1.165, 1.54) is 36.6 Å². The second-order valence-electron chi connectivity index (χ2n) is 6.27. The van der Waals surface area contributed by atoms with Crippen molar-refractivity contribution in [2.75, 3.05) is 18.8 Å². The van der Waals surface area contributed by atoms with Crippen LogP contribution in [0.4, 0.5) is 0 Å². The molecule has 1 amide bonds. The fourth-order valence-electron chi connectivity index (χ4n) is 2.87.